The fourth-order valence-electron chi connectivity index (χ4n) is 1.57. The van der Waals surface area contributed by atoms with Crippen LogP contribution >= 0.6 is 0 Å². The lowest BCUT2D eigenvalue weighted by atomic mass is 10.1. The first-order valence-corrected chi connectivity index (χ1v) is 6.29. The van der Waals surface area contributed by atoms with Crippen LogP contribution in [-0.2, 0) is 0 Å². The number of unbranched alkanes of at least 4 members (excludes halogenated alkanes) is 1. The molecule has 104 valence electrons. The number of hydrogen-bond acceptors (Lipinski definition) is 3. The van der Waals surface area contributed by atoms with Gasteiger partial charge in [0.2, 0.25) is 0 Å². The molecule has 1 aromatic rings. The number of carboxylic acids is 1. The summed E-state index contributed by atoms with van der Waals surface area (Å²) in [5.41, 5.74) is 0.410. The van der Waals surface area contributed by atoms with Crippen molar-refractivity contribution in [2.24, 2.45) is 0 Å². The summed E-state index contributed by atoms with van der Waals surface area (Å²) in [4.78, 5) is 26.0. The summed E-state index contributed by atoms with van der Waals surface area (Å²) in [6, 6.07) is 2.64. The largest absolute Gasteiger partial charge is 0.477 e. The standard InChI is InChI=1S/C13H19N3O3/c1-3-4-5-9(2)15-13(19)16-10-6-7-11(12(17)18)14-8-10/h6-9H,3-5H2,1-2H3,(H,17,18)(H2,15,16,19). The molecular formula is C13H19N3O3. The zero-order valence-electron chi connectivity index (χ0n) is 11.1. The van der Waals surface area contributed by atoms with Crippen molar-refractivity contribution in [3.8, 4) is 0 Å². The van der Waals surface area contributed by atoms with Crippen molar-refractivity contribution < 1.29 is 14.7 Å². The highest BCUT2D eigenvalue weighted by Crippen LogP contribution is 2.06. The molecule has 0 bridgehead atoms. The van der Waals surface area contributed by atoms with E-state index in [-0.39, 0.29) is 17.8 Å². The van der Waals surface area contributed by atoms with Gasteiger partial charge in [-0.3, -0.25) is 0 Å². The minimum Gasteiger partial charge on any atom is -0.477 e. The normalized spacial score (nSPS) is 11.7. The first-order chi connectivity index (χ1) is 9.02. The van der Waals surface area contributed by atoms with Crippen LogP contribution in [-0.4, -0.2) is 28.1 Å². The number of nitrogens with one attached hydrogen (secondary N) is 2. The molecule has 0 spiro atoms. The van der Waals surface area contributed by atoms with E-state index in [4.69, 9.17) is 5.11 Å². The van der Waals surface area contributed by atoms with E-state index in [1.807, 2.05) is 6.92 Å². The van der Waals surface area contributed by atoms with Crippen molar-refractivity contribution >= 4 is 17.7 Å². The third-order valence-electron chi connectivity index (χ3n) is 2.61. The van der Waals surface area contributed by atoms with E-state index >= 15 is 0 Å². The Morgan fingerprint density at radius 2 is 2.16 bits per heavy atom. The van der Waals surface area contributed by atoms with Crippen molar-refractivity contribution in [2.75, 3.05) is 5.32 Å². The predicted molar refractivity (Wildman–Crippen MR) is 72.3 cm³/mol. The maximum absolute atomic E-state index is 11.6. The van der Waals surface area contributed by atoms with E-state index in [9.17, 15) is 9.59 Å². The number of rotatable bonds is 6. The number of urea groups is 1. The lowest BCUT2D eigenvalue weighted by molar-refractivity contribution is 0.0690. The van der Waals surface area contributed by atoms with E-state index in [0.29, 0.717) is 5.69 Å². The minimum atomic E-state index is -1.09. The number of hydrogen-bond donors (Lipinski definition) is 3. The van der Waals surface area contributed by atoms with Gasteiger partial charge in [-0.05, 0) is 25.5 Å². The monoisotopic (exact) mass is 265 g/mol. The second kappa shape index (κ2) is 7.35. The smallest absolute Gasteiger partial charge is 0.354 e. The van der Waals surface area contributed by atoms with Crippen LogP contribution in [0.1, 0.15) is 43.6 Å². The Balaban J connectivity index is 2.45. The Hall–Kier alpha value is -2.11. The summed E-state index contributed by atoms with van der Waals surface area (Å²) >= 11 is 0. The molecule has 3 N–H and O–H groups in total. The highest BCUT2D eigenvalue weighted by Gasteiger charge is 2.08. The van der Waals surface area contributed by atoms with Crippen LogP contribution in [0.3, 0.4) is 0 Å². The van der Waals surface area contributed by atoms with Gasteiger partial charge in [0.15, 0.2) is 0 Å². The summed E-state index contributed by atoms with van der Waals surface area (Å²) in [5.74, 6) is -1.09. The highest BCUT2D eigenvalue weighted by atomic mass is 16.4. The lowest BCUT2D eigenvalue weighted by Gasteiger charge is -2.14. The van der Waals surface area contributed by atoms with Crippen molar-refractivity contribution in [1.29, 1.82) is 0 Å². The molecule has 0 saturated heterocycles. The minimum absolute atomic E-state index is 0.0535. The van der Waals surface area contributed by atoms with E-state index in [2.05, 4.69) is 22.5 Å². The first-order valence-electron chi connectivity index (χ1n) is 6.29. The van der Waals surface area contributed by atoms with Gasteiger partial charge in [-0.15, -0.1) is 0 Å². The fourth-order valence-corrected chi connectivity index (χ4v) is 1.57. The molecule has 1 aromatic heterocycles. The molecule has 6 nitrogen and oxygen atoms in total. The molecule has 0 aliphatic carbocycles. The Morgan fingerprint density at radius 1 is 1.42 bits per heavy atom. The lowest BCUT2D eigenvalue weighted by Crippen LogP contribution is -2.36. The molecule has 0 aliphatic heterocycles. The van der Waals surface area contributed by atoms with E-state index < -0.39 is 5.97 Å². The molecule has 0 saturated carbocycles. The summed E-state index contributed by atoms with van der Waals surface area (Å²) < 4.78 is 0. The van der Waals surface area contributed by atoms with E-state index in [0.717, 1.165) is 19.3 Å². The second-order valence-electron chi connectivity index (χ2n) is 4.38. The van der Waals surface area contributed by atoms with Gasteiger partial charge in [0.25, 0.3) is 0 Å². The van der Waals surface area contributed by atoms with Crippen LogP contribution in [0.25, 0.3) is 0 Å². The topological polar surface area (TPSA) is 91.3 Å². The molecule has 1 atom stereocenters. The summed E-state index contributed by atoms with van der Waals surface area (Å²) in [5, 5.41) is 14.1. The molecule has 0 fully saturated rings. The van der Waals surface area contributed by atoms with E-state index in [1.54, 1.807) is 0 Å². The van der Waals surface area contributed by atoms with Crippen LogP contribution in [0.15, 0.2) is 18.3 Å². The average molecular weight is 265 g/mol. The van der Waals surface area contributed by atoms with Crippen LogP contribution in [0.2, 0.25) is 0 Å². The first kappa shape index (κ1) is 14.9. The quantitative estimate of drug-likeness (QED) is 0.736. The number of amides is 2. The molecule has 0 aliphatic rings. The molecule has 1 unspecified atom stereocenters. The number of pyridine rings is 1. The van der Waals surface area contributed by atoms with Crippen LogP contribution < -0.4 is 10.6 Å². The zero-order chi connectivity index (χ0) is 14.3. The van der Waals surface area contributed by atoms with Gasteiger partial charge < -0.3 is 15.7 Å². The SMILES string of the molecule is CCCCC(C)NC(=O)Nc1ccc(C(=O)O)nc1. The highest BCUT2D eigenvalue weighted by molar-refractivity contribution is 5.90. The Morgan fingerprint density at radius 3 is 2.68 bits per heavy atom. The Labute approximate surface area is 112 Å². The number of aromatic carboxylic acids is 1. The zero-order valence-corrected chi connectivity index (χ0v) is 11.1. The van der Waals surface area contributed by atoms with Gasteiger partial charge in [0, 0.05) is 6.04 Å². The van der Waals surface area contributed by atoms with E-state index in [1.165, 1.54) is 18.3 Å². The fraction of sp³-hybridized carbons (Fsp3) is 0.462. The molecule has 19 heavy (non-hydrogen) atoms. The predicted octanol–water partition coefficient (Wildman–Crippen LogP) is 2.48. The number of carbonyl (C=O) groups excluding carboxylic acids is 1. The second-order valence-corrected chi connectivity index (χ2v) is 4.38. The summed E-state index contributed by atoms with van der Waals surface area (Å²) in [7, 11) is 0. The number of anilines is 1. The van der Waals surface area contributed by atoms with Crippen molar-refractivity contribution in [1.82, 2.24) is 10.3 Å². The maximum Gasteiger partial charge on any atom is 0.354 e. The number of nitrogens with zero attached hydrogens (tertiary/aromatic N) is 1. The molecule has 0 aromatic carbocycles. The van der Waals surface area contributed by atoms with Crippen LogP contribution in [0.5, 0.6) is 0 Å². The van der Waals surface area contributed by atoms with Gasteiger partial charge in [0.05, 0.1) is 11.9 Å². The molecule has 2 amide bonds. The molecular weight excluding hydrogens is 246 g/mol. The molecule has 1 rings (SSSR count). The third kappa shape index (κ3) is 5.37. The average Bonchev–Trinajstić information content (AvgIpc) is 2.36. The Bertz CT molecular complexity index is 431. The molecule has 6 heteroatoms. The van der Waals surface area contributed by atoms with Crippen molar-refractivity contribution in [3.05, 3.63) is 24.0 Å². The van der Waals surface area contributed by atoms with Gasteiger partial charge in [0.1, 0.15) is 5.69 Å². The third-order valence-corrected chi connectivity index (χ3v) is 2.61. The van der Waals surface area contributed by atoms with Gasteiger partial charge >= 0.3 is 12.0 Å². The van der Waals surface area contributed by atoms with Gasteiger partial charge in [-0.1, -0.05) is 19.8 Å². The van der Waals surface area contributed by atoms with Gasteiger partial charge in [-0.2, -0.15) is 0 Å². The van der Waals surface area contributed by atoms with Crippen LogP contribution in [0, 0.1) is 0 Å². The number of carbonyl (C=O) groups is 2. The van der Waals surface area contributed by atoms with Gasteiger partial charge in [-0.25, -0.2) is 14.6 Å². The van der Waals surface area contributed by atoms with Crippen LogP contribution in [0.4, 0.5) is 10.5 Å². The number of aromatic nitrogens is 1. The van der Waals surface area contributed by atoms with Crippen molar-refractivity contribution in [2.45, 2.75) is 39.2 Å². The molecule has 1 heterocycles. The summed E-state index contributed by atoms with van der Waals surface area (Å²) in [6.07, 6.45) is 4.41. The van der Waals surface area contributed by atoms with Crippen molar-refractivity contribution in [3.63, 3.8) is 0 Å². The maximum atomic E-state index is 11.6. The number of carboxylic acid groups (broad SMARTS) is 1. The Kier molecular flexibility index (Phi) is 5.78. The summed E-state index contributed by atoms with van der Waals surface area (Å²) in [6.45, 7) is 4.05. The molecule has 0 radical (unpaired) electrons.